The Bertz CT molecular complexity index is 644. The van der Waals surface area contributed by atoms with Crippen LogP contribution in [-0.2, 0) is 0 Å². The Morgan fingerprint density at radius 2 is 1.90 bits per heavy atom. The van der Waals surface area contributed by atoms with Crippen LogP contribution in [0.15, 0.2) is 34.8 Å². The maximum Gasteiger partial charge on any atom is 0.139 e. The number of benzene rings is 2. The lowest BCUT2D eigenvalue weighted by Crippen LogP contribution is -2.02. The minimum absolute atomic E-state index is 0.302. The normalized spacial score (nSPS) is 12.3. The van der Waals surface area contributed by atoms with Crippen molar-refractivity contribution in [2.45, 2.75) is 13.0 Å². The molecule has 2 aromatic carbocycles. The van der Waals surface area contributed by atoms with Crippen molar-refractivity contribution in [3.05, 3.63) is 61.8 Å². The zero-order chi connectivity index (χ0) is 15.6. The van der Waals surface area contributed by atoms with E-state index in [1.807, 2.05) is 6.92 Å². The minimum atomic E-state index is -1.09. The van der Waals surface area contributed by atoms with Gasteiger partial charge in [0.2, 0.25) is 0 Å². The molecule has 2 aromatic rings. The fourth-order valence-corrected chi connectivity index (χ4v) is 2.90. The van der Waals surface area contributed by atoms with E-state index in [0.29, 0.717) is 38.0 Å². The molecule has 0 spiro atoms. The third-order valence-electron chi connectivity index (χ3n) is 2.85. The molecule has 0 fully saturated rings. The average Bonchev–Trinajstić information content (AvgIpc) is 2.41. The van der Waals surface area contributed by atoms with Gasteiger partial charge in [0.25, 0.3) is 0 Å². The third-order valence-corrected chi connectivity index (χ3v) is 3.93. The first-order chi connectivity index (χ1) is 9.92. The lowest BCUT2D eigenvalue weighted by atomic mass is 10.0. The van der Waals surface area contributed by atoms with Crippen LogP contribution in [0.3, 0.4) is 0 Å². The highest BCUT2D eigenvalue weighted by molar-refractivity contribution is 9.10. The van der Waals surface area contributed by atoms with Gasteiger partial charge in [0.1, 0.15) is 17.7 Å². The van der Waals surface area contributed by atoms with E-state index >= 15 is 0 Å². The summed E-state index contributed by atoms with van der Waals surface area (Å²) in [5.41, 5.74) is 0.770. The van der Waals surface area contributed by atoms with Crippen LogP contribution in [0.1, 0.15) is 24.2 Å². The number of aliphatic hydroxyl groups excluding tert-OH is 1. The fourth-order valence-electron chi connectivity index (χ4n) is 1.93. The molecule has 1 atom stereocenters. The smallest absolute Gasteiger partial charge is 0.139 e. The van der Waals surface area contributed by atoms with E-state index in [0.717, 1.165) is 0 Å². The van der Waals surface area contributed by atoms with Crippen LogP contribution < -0.4 is 4.74 Å². The molecule has 0 bridgehead atoms. The summed E-state index contributed by atoms with van der Waals surface area (Å²) in [6, 6.07) is 7.24. The number of aliphatic hydroxyl groups is 1. The van der Waals surface area contributed by atoms with Crippen LogP contribution in [0.4, 0.5) is 4.39 Å². The van der Waals surface area contributed by atoms with Crippen LogP contribution in [0, 0.1) is 5.82 Å². The fraction of sp³-hybridized carbons (Fsp3) is 0.200. The number of rotatable bonds is 4. The monoisotopic (exact) mass is 392 g/mol. The Kier molecular flexibility index (Phi) is 5.49. The number of hydrogen-bond acceptors (Lipinski definition) is 2. The van der Waals surface area contributed by atoms with E-state index in [1.54, 1.807) is 12.1 Å². The minimum Gasteiger partial charge on any atom is -0.492 e. The molecule has 0 aliphatic carbocycles. The van der Waals surface area contributed by atoms with Crippen LogP contribution in [-0.4, -0.2) is 11.7 Å². The number of halogens is 4. The molecule has 0 aromatic heterocycles. The molecule has 0 heterocycles. The summed E-state index contributed by atoms with van der Waals surface area (Å²) in [4.78, 5) is 0. The Morgan fingerprint density at radius 1 is 1.19 bits per heavy atom. The van der Waals surface area contributed by atoms with Crippen LogP contribution in [0.25, 0.3) is 0 Å². The average molecular weight is 394 g/mol. The first-order valence-electron chi connectivity index (χ1n) is 6.18. The van der Waals surface area contributed by atoms with Crippen molar-refractivity contribution in [3.63, 3.8) is 0 Å². The highest BCUT2D eigenvalue weighted by Gasteiger charge is 2.18. The second-order valence-corrected chi connectivity index (χ2v) is 6.07. The molecule has 6 heteroatoms. The lowest BCUT2D eigenvalue weighted by molar-refractivity contribution is 0.219. The largest absolute Gasteiger partial charge is 0.492 e. The Labute approximate surface area is 140 Å². The molecule has 0 radical (unpaired) electrons. The lowest BCUT2D eigenvalue weighted by Gasteiger charge is -2.16. The summed E-state index contributed by atoms with van der Waals surface area (Å²) in [6.07, 6.45) is -1.09. The zero-order valence-corrected chi connectivity index (χ0v) is 14.1. The summed E-state index contributed by atoms with van der Waals surface area (Å²) in [7, 11) is 0. The van der Waals surface area contributed by atoms with E-state index in [9.17, 15) is 9.50 Å². The second-order valence-electron chi connectivity index (χ2n) is 4.34. The molecule has 0 aliphatic rings. The Hall–Kier alpha value is -0.810. The molecule has 2 rings (SSSR count). The second kappa shape index (κ2) is 6.97. The van der Waals surface area contributed by atoms with Gasteiger partial charge in [-0.25, -0.2) is 4.39 Å². The van der Waals surface area contributed by atoms with E-state index in [2.05, 4.69) is 15.9 Å². The molecule has 1 N–H and O–H groups in total. The van der Waals surface area contributed by atoms with Gasteiger partial charge in [-0.15, -0.1) is 0 Å². The van der Waals surface area contributed by atoms with E-state index < -0.39 is 11.9 Å². The van der Waals surface area contributed by atoms with Crippen molar-refractivity contribution in [1.82, 2.24) is 0 Å². The zero-order valence-electron chi connectivity index (χ0n) is 11.0. The molecule has 0 aliphatic heterocycles. The molecule has 112 valence electrons. The predicted octanol–water partition coefficient (Wildman–Crippen LogP) is 5.38. The van der Waals surface area contributed by atoms with Crippen LogP contribution >= 0.6 is 39.1 Å². The topological polar surface area (TPSA) is 29.5 Å². The van der Waals surface area contributed by atoms with Gasteiger partial charge in [0.15, 0.2) is 0 Å². The van der Waals surface area contributed by atoms with E-state index in [1.165, 1.54) is 18.2 Å². The summed E-state index contributed by atoms with van der Waals surface area (Å²) in [5.74, 6) is -0.00730. The van der Waals surface area contributed by atoms with Gasteiger partial charge in [-0.1, -0.05) is 39.1 Å². The van der Waals surface area contributed by atoms with Crippen molar-refractivity contribution in [3.8, 4) is 5.75 Å². The van der Waals surface area contributed by atoms with Gasteiger partial charge >= 0.3 is 0 Å². The third kappa shape index (κ3) is 3.89. The van der Waals surface area contributed by atoms with E-state index in [4.69, 9.17) is 27.9 Å². The quantitative estimate of drug-likeness (QED) is 0.755. The molecular formula is C15H12BrCl2FO2. The SMILES string of the molecule is CCOc1cc(Cl)c(C(O)c2cc(F)cc(Br)c2)cc1Cl. The van der Waals surface area contributed by atoms with Crippen LogP contribution in [0.5, 0.6) is 5.75 Å². The van der Waals surface area contributed by atoms with Gasteiger partial charge in [-0.2, -0.15) is 0 Å². The van der Waals surface area contributed by atoms with Crippen LogP contribution in [0.2, 0.25) is 10.0 Å². The van der Waals surface area contributed by atoms with Gasteiger partial charge in [-0.05, 0) is 36.8 Å². The standard InChI is InChI=1S/C15H12BrCl2FO2/c1-2-21-14-7-12(17)11(6-13(14)18)15(20)8-3-9(16)5-10(19)4-8/h3-7,15,20H,2H2,1H3. The molecule has 0 saturated carbocycles. The maximum atomic E-state index is 13.4. The van der Waals surface area contributed by atoms with Gasteiger partial charge in [0.05, 0.1) is 16.7 Å². The van der Waals surface area contributed by atoms with Crippen molar-refractivity contribution in [2.24, 2.45) is 0 Å². The number of hydrogen-bond donors (Lipinski definition) is 1. The first-order valence-corrected chi connectivity index (χ1v) is 7.73. The first kappa shape index (κ1) is 16.6. The number of ether oxygens (including phenoxy) is 1. The van der Waals surface area contributed by atoms with Crippen molar-refractivity contribution < 1.29 is 14.2 Å². The highest BCUT2D eigenvalue weighted by atomic mass is 79.9. The molecule has 0 amide bonds. The van der Waals surface area contributed by atoms with Gasteiger partial charge < -0.3 is 9.84 Å². The molecular weight excluding hydrogens is 382 g/mol. The van der Waals surface area contributed by atoms with Crippen molar-refractivity contribution >= 4 is 39.1 Å². The van der Waals surface area contributed by atoms with Gasteiger partial charge in [-0.3, -0.25) is 0 Å². The summed E-state index contributed by atoms with van der Waals surface area (Å²) in [5, 5.41) is 11.0. The highest BCUT2D eigenvalue weighted by Crippen LogP contribution is 2.37. The predicted molar refractivity (Wildman–Crippen MR) is 85.8 cm³/mol. The molecule has 1 unspecified atom stereocenters. The maximum absolute atomic E-state index is 13.4. The Morgan fingerprint density at radius 3 is 2.52 bits per heavy atom. The van der Waals surface area contributed by atoms with Crippen molar-refractivity contribution in [2.75, 3.05) is 6.61 Å². The summed E-state index contributed by atoms with van der Waals surface area (Å²) >= 11 is 15.4. The van der Waals surface area contributed by atoms with Gasteiger partial charge in [0, 0.05) is 16.1 Å². The summed E-state index contributed by atoms with van der Waals surface area (Å²) < 4.78 is 19.3. The molecule has 0 saturated heterocycles. The van der Waals surface area contributed by atoms with Crippen molar-refractivity contribution in [1.29, 1.82) is 0 Å². The van der Waals surface area contributed by atoms with E-state index in [-0.39, 0.29) is 0 Å². The Balaban J connectivity index is 2.43. The molecule has 2 nitrogen and oxygen atoms in total. The summed E-state index contributed by atoms with van der Waals surface area (Å²) in [6.45, 7) is 2.28. The molecule has 21 heavy (non-hydrogen) atoms.